The Morgan fingerprint density at radius 3 is 2.64 bits per heavy atom. The van der Waals surface area contributed by atoms with E-state index in [0.29, 0.717) is 17.3 Å². The molecule has 22 heavy (non-hydrogen) atoms. The van der Waals surface area contributed by atoms with Gasteiger partial charge in [-0.3, -0.25) is 4.79 Å². The van der Waals surface area contributed by atoms with Crippen LogP contribution in [0.3, 0.4) is 0 Å². The van der Waals surface area contributed by atoms with Gasteiger partial charge in [-0.05, 0) is 28.8 Å². The highest BCUT2D eigenvalue weighted by molar-refractivity contribution is 7.99. The first kappa shape index (κ1) is 16.9. The van der Waals surface area contributed by atoms with E-state index >= 15 is 0 Å². The molecule has 3 nitrogen and oxygen atoms in total. The van der Waals surface area contributed by atoms with Crippen molar-refractivity contribution in [1.29, 1.82) is 0 Å². The maximum Gasteiger partial charge on any atom is 0.230 e. The zero-order valence-corrected chi connectivity index (χ0v) is 13.7. The van der Waals surface area contributed by atoms with Crippen LogP contribution in [0.15, 0.2) is 48.5 Å². The van der Waals surface area contributed by atoms with Gasteiger partial charge in [-0.15, -0.1) is 11.8 Å². The predicted octanol–water partition coefficient (Wildman–Crippen LogP) is 3.38. The third-order valence-electron chi connectivity index (χ3n) is 3.16. The number of halogens is 1. The Kier molecular flexibility index (Phi) is 6.77. The zero-order chi connectivity index (χ0) is 15.8. The normalized spacial score (nSPS) is 10.5. The molecule has 0 unspecified atom stereocenters. The van der Waals surface area contributed by atoms with E-state index in [-0.39, 0.29) is 12.5 Å². The van der Waals surface area contributed by atoms with Gasteiger partial charge in [-0.2, -0.15) is 0 Å². The zero-order valence-electron chi connectivity index (χ0n) is 12.1. The molecule has 0 aliphatic heterocycles. The monoisotopic (exact) mass is 335 g/mol. The summed E-state index contributed by atoms with van der Waals surface area (Å²) in [4.78, 5) is 11.9. The van der Waals surface area contributed by atoms with Crippen molar-refractivity contribution in [1.82, 2.24) is 5.32 Å². The first-order valence-electron chi connectivity index (χ1n) is 6.95. The van der Waals surface area contributed by atoms with Crippen molar-refractivity contribution in [2.75, 3.05) is 5.75 Å². The van der Waals surface area contributed by atoms with Crippen LogP contribution in [0.5, 0.6) is 0 Å². The number of nitrogens with one attached hydrogen (secondary N) is 1. The molecule has 0 aliphatic carbocycles. The van der Waals surface area contributed by atoms with Crippen LogP contribution >= 0.6 is 23.4 Å². The lowest BCUT2D eigenvalue weighted by Gasteiger charge is -2.09. The third-order valence-corrected chi connectivity index (χ3v) is 4.39. The van der Waals surface area contributed by atoms with Crippen molar-refractivity contribution in [2.24, 2.45) is 0 Å². The Morgan fingerprint density at radius 1 is 1.14 bits per heavy atom. The van der Waals surface area contributed by atoms with Gasteiger partial charge in [0.2, 0.25) is 5.91 Å². The minimum atomic E-state index is -0.0183. The van der Waals surface area contributed by atoms with E-state index in [4.69, 9.17) is 11.6 Å². The minimum Gasteiger partial charge on any atom is -0.392 e. The van der Waals surface area contributed by atoms with Gasteiger partial charge in [0.1, 0.15) is 0 Å². The van der Waals surface area contributed by atoms with Crippen LogP contribution in [0.2, 0.25) is 5.02 Å². The molecular formula is C17H18ClNO2S. The fraction of sp³-hybridized carbons (Fsp3) is 0.235. The second-order valence-corrected chi connectivity index (χ2v) is 6.25. The summed E-state index contributed by atoms with van der Waals surface area (Å²) in [6.07, 6.45) is 0. The number of aliphatic hydroxyl groups is 1. The lowest BCUT2D eigenvalue weighted by Crippen LogP contribution is -2.25. The maximum atomic E-state index is 11.9. The Morgan fingerprint density at radius 2 is 1.91 bits per heavy atom. The number of hydrogen-bond donors (Lipinski definition) is 2. The molecule has 116 valence electrons. The van der Waals surface area contributed by atoms with Crippen LogP contribution in [0.4, 0.5) is 0 Å². The Bertz CT molecular complexity index is 634. The average molecular weight is 336 g/mol. The largest absolute Gasteiger partial charge is 0.392 e. The Hall–Kier alpha value is -1.49. The standard InChI is InChI=1S/C17H18ClNO2S/c18-16-7-3-4-13(8-16)11-22-12-17(21)19-9-14-5-1-2-6-15(14)10-20/h1-8,20H,9-12H2,(H,19,21). The number of amides is 1. The van der Waals surface area contributed by atoms with Gasteiger partial charge in [0.25, 0.3) is 0 Å². The van der Waals surface area contributed by atoms with Gasteiger partial charge < -0.3 is 10.4 Å². The molecule has 0 bridgehead atoms. The molecule has 1 amide bonds. The molecule has 2 rings (SSSR count). The molecule has 0 atom stereocenters. The third kappa shape index (κ3) is 5.37. The van der Waals surface area contributed by atoms with Gasteiger partial charge in [0.15, 0.2) is 0 Å². The Balaban J connectivity index is 1.74. The fourth-order valence-electron chi connectivity index (χ4n) is 2.02. The van der Waals surface area contributed by atoms with Crippen molar-refractivity contribution in [3.63, 3.8) is 0 Å². The fourth-order valence-corrected chi connectivity index (χ4v) is 3.04. The van der Waals surface area contributed by atoms with E-state index in [1.165, 1.54) is 0 Å². The summed E-state index contributed by atoms with van der Waals surface area (Å²) < 4.78 is 0. The smallest absolute Gasteiger partial charge is 0.230 e. The van der Waals surface area contributed by atoms with Crippen LogP contribution in [-0.2, 0) is 23.7 Å². The highest BCUT2D eigenvalue weighted by Crippen LogP contribution is 2.16. The topological polar surface area (TPSA) is 49.3 Å². The highest BCUT2D eigenvalue weighted by atomic mass is 35.5. The van der Waals surface area contributed by atoms with Gasteiger partial charge in [0, 0.05) is 17.3 Å². The number of carbonyl (C=O) groups excluding carboxylic acids is 1. The second-order valence-electron chi connectivity index (χ2n) is 4.83. The summed E-state index contributed by atoms with van der Waals surface area (Å²) in [7, 11) is 0. The van der Waals surface area contributed by atoms with E-state index in [2.05, 4.69) is 5.32 Å². The molecule has 0 aromatic heterocycles. The van der Waals surface area contributed by atoms with Gasteiger partial charge in [-0.1, -0.05) is 48.0 Å². The summed E-state index contributed by atoms with van der Waals surface area (Å²) in [5.74, 6) is 1.13. The number of benzene rings is 2. The summed E-state index contributed by atoms with van der Waals surface area (Å²) in [6, 6.07) is 15.2. The molecule has 0 spiro atoms. The number of thioether (sulfide) groups is 1. The SMILES string of the molecule is O=C(CSCc1cccc(Cl)c1)NCc1ccccc1CO. The van der Waals surface area contributed by atoms with Crippen LogP contribution in [-0.4, -0.2) is 16.8 Å². The maximum absolute atomic E-state index is 11.9. The van der Waals surface area contributed by atoms with E-state index in [1.54, 1.807) is 11.8 Å². The van der Waals surface area contributed by atoms with Crippen molar-refractivity contribution >= 4 is 29.3 Å². The van der Waals surface area contributed by atoms with Crippen LogP contribution < -0.4 is 5.32 Å². The first-order valence-corrected chi connectivity index (χ1v) is 8.49. The Labute approximate surface area is 139 Å². The summed E-state index contributed by atoms with van der Waals surface area (Å²) in [5.41, 5.74) is 2.89. The molecule has 2 aromatic rings. The summed E-state index contributed by atoms with van der Waals surface area (Å²) in [5, 5.41) is 12.8. The minimum absolute atomic E-state index is 0.0141. The predicted molar refractivity (Wildman–Crippen MR) is 91.8 cm³/mol. The lowest BCUT2D eigenvalue weighted by molar-refractivity contribution is -0.118. The molecule has 2 N–H and O–H groups in total. The molecule has 0 heterocycles. The molecule has 0 fully saturated rings. The molecule has 0 aliphatic rings. The molecule has 0 saturated heterocycles. The summed E-state index contributed by atoms with van der Waals surface area (Å²) in [6.45, 7) is 0.419. The molecule has 5 heteroatoms. The van der Waals surface area contributed by atoms with Crippen LogP contribution in [0.25, 0.3) is 0 Å². The molecule has 0 saturated carbocycles. The van der Waals surface area contributed by atoms with Crippen molar-refractivity contribution in [2.45, 2.75) is 18.9 Å². The second kappa shape index (κ2) is 8.83. The van der Waals surface area contributed by atoms with Crippen molar-refractivity contribution in [3.05, 3.63) is 70.2 Å². The number of carbonyl (C=O) groups is 1. The van der Waals surface area contributed by atoms with Gasteiger partial charge in [0.05, 0.1) is 12.4 Å². The highest BCUT2D eigenvalue weighted by Gasteiger charge is 2.05. The average Bonchev–Trinajstić information content (AvgIpc) is 2.53. The number of hydrogen-bond acceptors (Lipinski definition) is 3. The lowest BCUT2D eigenvalue weighted by atomic mass is 10.1. The molecule has 0 radical (unpaired) electrons. The van der Waals surface area contributed by atoms with E-state index in [0.717, 1.165) is 22.4 Å². The first-order chi connectivity index (χ1) is 10.7. The van der Waals surface area contributed by atoms with E-state index < -0.39 is 0 Å². The van der Waals surface area contributed by atoms with E-state index in [1.807, 2.05) is 48.5 Å². The van der Waals surface area contributed by atoms with Crippen molar-refractivity contribution in [3.8, 4) is 0 Å². The number of aliphatic hydroxyl groups excluding tert-OH is 1. The molecular weight excluding hydrogens is 318 g/mol. The summed E-state index contributed by atoms with van der Waals surface area (Å²) >= 11 is 7.47. The number of rotatable bonds is 7. The van der Waals surface area contributed by atoms with Crippen LogP contribution in [0.1, 0.15) is 16.7 Å². The van der Waals surface area contributed by atoms with E-state index in [9.17, 15) is 9.90 Å². The van der Waals surface area contributed by atoms with Crippen molar-refractivity contribution < 1.29 is 9.90 Å². The molecule has 2 aromatic carbocycles. The van der Waals surface area contributed by atoms with Crippen LogP contribution in [0, 0.1) is 0 Å². The quantitative estimate of drug-likeness (QED) is 0.815. The van der Waals surface area contributed by atoms with Gasteiger partial charge >= 0.3 is 0 Å². The van der Waals surface area contributed by atoms with Gasteiger partial charge in [-0.25, -0.2) is 0 Å².